The van der Waals surface area contributed by atoms with Crippen molar-refractivity contribution in [1.82, 2.24) is 5.32 Å². The number of nitrogens with one attached hydrogen (secondary N) is 1. The quantitative estimate of drug-likeness (QED) is 0.546. The summed E-state index contributed by atoms with van der Waals surface area (Å²) in [5, 5.41) is 13.8. The molecule has 1 heterocycles. The lowest BCUT2D eigenvalue weighted by Crippen LogP contribution is -2.48. The van der Waals surface area contributed by atoms with Crippen molar-refractivity contribution in [3.63, 3.8) is 0 Å². The number of esters is 1. The summed E-state index contributed by atoms with van der Waals surface area (Å²) in [5.74, 6) is -0.0644. The maximum absolute atomic E-state index is 12.8. The van der Waals surface area contributed by atoms with Crippen molar-refractivity contribution in [1.29, 1.82) is 0 Å². The van der Waals surface area contributed by atoms with E-state index in [-0.39, 0.29) is 5.75 Å². The number of aryl methyl sites for hydroxylation is 2. The van der Waals surface area contributed by atoms with Crippen LogP contribution in [0.25, 0.3) is 0 Å². The number of hydrogen-bond donors (Lipinski definition) is 2. The summed E-state index contributed by atoms with van der Waals surface area (Å²) in [6, 6.07) is 10.6. The first-order valence-corrected chi connectivity index (χ1v) is 10.1. The topological polar surface area (TPSA) is 71.0 Å². The van der Waals surface area contributed by atoms with Crippen LogP contribution in [-0.2, 0) is 9.53 Å². The zero-order chi connectivity index (χ0) is 22.0. The van der Waals surface area contributed by atoms with Crippen molar-refractivity contribution in [3.05, 3.63) is 64.4 Å². The van der Waals surface area contributed by atoms with Crippen LogP contribution in [0.5, 0.6) is 11.5 Å². The molecule has 0 aliphatic carbocycles. The molecular weight excluding hydrogens is 400 g/mol. The summed E-state index contributed by atoms with van der Waals surface area (Å²) >= 11 is 5.68. The van der Waals surface area contributed by atoms with Gasteiger partial charge in [-0.25, -0.2) is 4.79 Å². The van der Waals surface area contributed by atoms with E-state index in [0.29, 0.717) is 28.7 Å². The Kier molecular flexibility index (Phi) is 6.31. The van der Waals surface area contributed by atoms with Gasteiger partial charge in [-0.05, 0) is 80.9 Å². The van der Waals surface area contributed by atoms with Crippen LogP contribution in [0, 0.1) is 13.8 Å². The average Bonchev–Trinajstić information content (AvgIpc) is 2.68. The summed E-state index contributed by atoms with van der Waals surface area (Å²) in [6.45, 7) is 8.14. The van der Waals surface area contributed by atoms with Crippen LogP contribution in [-0.4, -0.2) is 29.9 Å². The molecule has 158 valence electrons. The minimum absolute atomic E-state index is 0.0381. The zero-order valence-corrected chi connectivity index (χ0v) is 18.6. The Morgan fingerprint density at radius 3 is 2.43 bits per heavy atom. The molecule has 0 spiro atoms. The van der Waals surface area contributed by atoms with Crippen molar-refractivity contribution in [2.75, 3.05) is 18.6 Å². The van der Waals surface area contributed by atoms with Gasteiger partial charge in [-0.2, -0.15) is 0 Å². The first-order valence-electron chi connectivity index (χ1n) is 9.70. The van der Waals surface area contributed by atoms with Gasteiger partial charge >= 0.3 is 5.97 Å². The molecule has 0 fully saturated rings. The van der Waals surface area contributed by atoms with Crippen LogP contribution in [0.2, 0.25) is 0 Å². The Labute approximate surface area is 182 Å². The number of aromatic hydroxyl groups is 1. The summed E-state index contributed by atoms with van der Waals surface area (Å²) in [5.41, 5.74) is 4.94. The molecule has 6 nitrogen and oxygen atoms in total. The minimum Gasteiger partial charge on any atom is -0.504 e. The molecule has 2 aromatic rings. The van der Waals surface area contributed by atoms with E-state index in [9.17, 15) is 9.90 Å². The van der Waals surface area contributed by atoms with E-state index in [4.69, 9.17) is 21.7 Å². The van der Waals surface area contributed by atoms with Gasteiger partial charge in [-0.1, -0.05) is 12.1 Å². The third kappa shape index (κ3) is 4.11. The van der Waals surface area contributed by atoms with Gasteiger partial charge < -0.3 is 19.9 Å². The molecule has 1 atom stereocenters. The van der Waals surface area contributed by atoms with E-state index in [0.717, 1.165) is 22.4 Å². The molecular formula is C23H26N2O4S. The molecule has 0 bridgehead atoms. The fraction of sp³-hybridized carbons (Fsp3) is 0.304. The third-order valence-corrected chi connectivity index (χ3v) is 5.27. The van der Waals surface area contributed by atoms with E-state index < -0.39 is 12.0 Å². The van der Waals surface area contributed by atoms with Gasteiger partial charge in [0.25, 0.3) is 0 Å². The number of benzene rings is 2. The molecule has 0 saturated carbocycles. The second-order valence-electron chi connectivity index (χ2n) is 7.21. The Balaban J connectivity index is 2.15. The minimum atomic E-state index is -0.535. The Morgan fingerprint density at radius 2 is 1.83 bits per heavy atom. The van der Waals surface area contributed by atoms with Crippen molar-refractivity contribution in [2.24, 2.45) is 0 Å². The predicted octanol–water partition coefficient (Wildman–Crippen LogP) is 4.29. The largest absolute Gasteiger partial charge is 0.504 e. The second-order valence-corrected chi connectivity index (χ2v) is 7.60. The highest BCUT2D eigenvalue weighted by Crippen LogP contribution is 2.37. The molecule has 2 aromatic carbocycles. The maximum atomic E-state index is 12.8. The van der Waals surface area contributed by atoms with Gasteiger partial charge in [0.05, 0.1) is 25.3 Å². The Hall–Kier alpha value is -3.06. The van der Waals surface area contributed by atoms with Crippen molar-refractivity contribution in [3.8, 4) is 11.5 Å². The number of methoxy groups -OCH3 is 1. The number of phenolic OH excluding ortho intramolecular Hbond substituents is 1. The van der Waals surface area contributed by atoms with E-state index in [1.807, 2.05) is 44.7 Å². The van der Waals surface area contributed by atoms with Gasteiger partial charge in [-0.3, -0.25) is 4.90 Å². The van der Waals surface area contributed by atoms with Crippen LogP contribution >= 0.6 is 12.2 Å². The Bertz CT molecular complexity index is 1010. The number of phenols is 1. The highest BCUT2D eigenvalue weighted by molar-refractivity contribution is 7.80. The third-order valence-electron chi connectivity index (χ3n) is 4.97. The van der Waals surface area contributed by atoms with E-state index in [1.165, 1.54) is 7.11 Å². The molecule has 1 aliphatic heterocycles. The number of carbonyl (C=O) groups is 1. The first-order chi connectivity index (χ1) is 14.3. The van der Waals surface area contributed by atoms with Crippen LogP contribution in [0.3, 0.4) is 0 Å². The summed E-state index contributed by atoms with van der Waals surface area (Å²) < 4.78 is 10.6. The summed E-state index contributed by atoms with van der Waals surface area (Å²) in [4.78, 5) is 14.6. The van der Waals surface area contributed by atoms with E-state index >= 15 is 0 Å². The predicted molar refractivity (Wildman–Crippen MR) is 121 cm³/mol. The van der Waals surface area contributed by atoms with Crippen LogP contribution in [0.1, 0.15) is 36.6 Å². The average molecular weight is 427 g/mol. The molecule has 1 unspecified atom stereocenters. The standard InChI is InChI=1S/C23H26N2O4S/c1-6-29-19-12-16(7-8-18(19)26)21-20(22(27)28-5)15(4)25(23(30)24-21)17-10-13(2)9-14(3)11-17/h7-12,21,26H,6H2,1-5H3,(H,24,30). The fourth-order valence-electron chi connectivity index (χ4n) is 3.74. The lowest BCUT2D eigenvalue weighted by Gasteiger charge is -2.37. The van der Waals surface area contributed by atoms with E-state index in [2.05, 4.69) is 11.4 Å². The molecule has 3 rings (SSSR count). The second kappa shape index (κ2) is 8.75. The number of nitrogens with zero attached hydrogens (tertiary/aromatic N) is 1. The van der Waals surface area contributed by atoms with Crippen LogP contribution < -0.4 is 15.0 Å². The fourth-order valence-corrected chi connectivity index (χ4v) is 4.10. The highest BCUT2D eigenvalue weighted by atomic mass is 32.1. The smallest absolute Gasteiger partial charge is 0.337 e. The number of allylic oxidation sites excluding steroid dienone is 1. The van der Waals surface area contributed by atoms with E-state index in [1.54, 1.807) is 18.2 Å². The molecule has 2 N–H and O–H groups in total. The number of anilines is 1. The monoisotopic (exact) mass is 426 g/mol. The highest BCUT2D eigenvalue weighted by Gasteiger charge is 2.35. The van der Waals surface area contributed by atoms with Crippen molar-refractivity contribution < 1.29 is 19.4 Å². The number of rotatable bonds is 5. The molecule has 30 heavy (non-hydrogen) atoms. The number of thiocarbonyl (C=S) groups is 1. The van der Waals surface area contributed by atoms with Crippen molar-refractivity contribution in [2.45, 2.75) is 33.7 Å². The number of carbonyl (C=O) groups excluding carboxylic acids is 1. The Morgan fingerprint density at radius 1 is 1.17 bits per heavy atom. The molecule has 1 aliphatic rings. The summed E-state index contributed by atoms with van der Waals surface area (Å²) in [6.07, 6.45) is 0. The molecule has 0 amide bonds. The number of ether oxygens (including phenoxy) is 2. The number of hydrogen-bond acceptors (Lipinski definition) is 5. The lowest BCUT2D eigenvalue weighted by atomic mass is 9.94. The molecule has 0 saturated heterocycles. The van der Waals surface area contributed by atoms with Crippen molar-refractivity contribution >= 4 is 29.0 Å². The normalized spacial score (nSPS) is 16.4. The molecule has 0 aromatic heterocycles. The van der Waals surface area contributed by atoms with Crippen LogP contribution in [0.4, 0.5) is 5.69 Å². The lowest BCUT2D eigenvalue weighted by molar-refractivity contribution is -0.136. The summed E-state index contributed by atoms with van der Waals surface area (Å²) in [7, 11) is 1.36. The molecule has 0 radical (unpaired) electrons. The first kappa shape index (κ1) is 21.6. The molecule has 7 heteroatoms. The SMILES string of the molecule is CCOc1cc(C2NC(=S)N(c3cc(C)cc(C)c3)C(C)=C2C(=O)OC)ccc1O. The maximum Gasteiger partial charge on any atom is 0.337 e. The van der Waals surface area contributed by atoms with Gasteiger partial charge in [0, 0.05) is 11.4 Å². The van der Waals surface area contributed by atoms with Crippen LogP contribution in [0.15, 0.2) is 47.7 Å². The zero-order valence-electron chi connectivity index (χ0n) is 17.8. The van der Waals surface area contributed by atoms with Gasteiger partial charge in [0.15, 0.2) is 16.6 Å². The van der Waals surface area contributed by atoms with Gasteiger partial charge in [0.1, 0.15) is 0 Å². The van der Waals surface area contributed by atoms with Gasteiger partial charge in [-0.15, -0.1) is 0 Å². The van der Waals surface area contributed by atoms with Gasteiger partial charge in [0.2, 0.25) is 0 Å².